The summed E-state index contributed by atoms with van der Waals surface area (Å²) in [5.41, 5.74) is 0.985. The molecule has 6 heteroatoms. The highest BCUT2D eigenvalue weighted by Crippen LogP contribution is 2.19. The minimum atomic E-state index is -0.109. The number of hydrogen-bond acceptors (Lipinski definition) is 3. The Kier molecular flexibility index (Phi) is 6.20. The Morgan fingerprint density at radius 2 is 2.00 bits per heavy atom. The van der Waals surface area contributed by atoms with E-state index in [2.05, 4.69) is 17.2 Å². The smallest absolute Gasteiger partial charge is 0.274 e. The lowest BCUT2D eigenvalue weighted by molar-refractivity contribution is 0.0707. The number of carbonyl (C=O) groups is 1. The van der Waals surface area contributed by atoms with Crippen molar-refractivity contribution in [3.63, 3.8) is 0 Å². The summed E-state index contributed by atoms with van der Waals surface area (Å²) < 4.78 is 1.47. The van der Waals surface area contributed by atoms with E-state index < -0.39 is 0 Å². The van der Waals surface area contributed by atoms with Crippen LogP contribution in [0.2, 0.25) is 0 Å². The molecule has 132 valence electrons. The first-order valence-corrected chi connectivity index (χ1v) is 8.81. The second kappa shape index (κ2) is 8.15. The molecule has 1 aliphatic heterocycles. The van der Waals surface area contributed by atoms with Crippen molar-refractivity contribution in [3.8, 4) is 0 Å². The van der Waals surface area contributed by atoms with Gasteiger partial charge in [-0.15, -0.1) is 0 Å². The highest BCUT2D eigenvalue weighted by Gasteiger charge is 2.25. The Hall–Kier alpha value is -2.08. The van der Waals surface area contributed by atoms with E-state index in [4.69, 9.17) is 0 Å². The summed E-state index contributed by atoms with van der Waals surface area (Å²) in [5, 5.41) is 4.15. The molecule has 3 heterocycles. The number of pyridine rings is 1. The number of likely N-dealkylation sites (tertiary alicyclic amines) is 1. The van der Waals surface area contributed by atoms with Crippen LogP contribution in [0.4, 0.5) is 0 Å². The molecule has 0 atom stereocenters. The second-order valence-corrected chi connectivity index (χ2v) is 5.85. The van der Waals surface area contributed by atoms with Gasteiger partial charge in [-0.25, -0.2) is 0 Å². The van der Waals surface area contributed by atoms with Gasteiger partial charge in [-0.3, -0.25) is 9.59 Å². The van der Waals surface area contributed by atoms with Crippen LogP contribution in [-0.4, -0.2) is 46.0 Å². The molecule has 6 nitrogen and oxygen atoms in total. The molecule has 2 aromatic rings. The van der Waals surface area contributed by atoms with Gasteiger partial charge in [0.1, 0.15) is 5.52 Å². The monoisotopic (exact) mass is 332 g/mol. The molecule has 2 N–H and O–H groups in total. The summed E-state index contributed by atoms with van der Waals surface area (Å²) in [7, 11) is 1.68. The zero-order chi connectivity index (χ0) is 17.7. The molecular formula is C18H28N4O2. The van der Waals surface area contributed by atoms with E-state index in [0.29, 0.717) is 22.5 Å². The van der Waals surface area contributed by atoms with Crippen molar-refractivity contribution in [3.05, 3.63) is 34.4 Å². The van der Waals surface area contributed by atoms with Crippen molar-refractivity contribution in [1.82, 2.24) is 19.8 Å². The van der Waals surface area contributed by atoms with Crippen molar-refractivity contribution in [2.45, 2.75) is 39.7 Å². The molecule has 0 bridgehead atoms. The Morgan fingerprint density at radius 1 is 1.33 bits per heavy atom. The Morgan fingerprint density at radius 3 is 2.62 bits per heavy atom. The van der Waals surface area contributed by atoms with Gasteiger partial charge >= 0.3 is 0 Å². The van der Waals surface area contributed by atoms with E-state index in [0.717, 1.165) is 32.5 Å². The van der Waals surface area contributed by atoms with Gasteiger partial charge < -0.3 is 19.8 Å². The van der Waals surface area contributed by atoms with Crippen LogP contribution >= 0.6 is 0 Å². The normalized spacial score (nSPS) is 15.2. The van der Waals surface area contributed by atoms with Gasteiger partial charge in [0.25, 0.3) is 11.5 Å². The zero-order valence-electron chi connectivity index (χ0n) is 15.1. The fourth-order valence-corrected chi connectivity index (χ4v) is 3.19. The first-order valence-electron chi connectivity index (χ1n) is 8.81. The molecule has 0 unspecified atom stereocenters. The van der Waals surface area contributed by atoms with Crippen LogP contribution in [0.3, 0.4) is 0 Å². The molecule has 1 aliphatic rings. The highest BCUT2D eigenvalue weighted by atomic mass is 16.2. The second-order valence-electron chi connectivity index (χ2n) is 5.85. The number of carbonyl (C=O) groups excluding carboxylic acids is 1. The summed E-state index contributed by atoms with van der Waals surface area (Å²) in [6.45, 7) is 8.57. The summed E-state index contributed by atoms with van der Waals surface area (Å²) in [4.78, 5) is 29.7. The average molecular weight is 332 g/mol. The van der Waals surface area contributed by atoms with E-state index in [1.807, 2.05) is 18.7 Å². The largest absolute Gasteiger partial charge is 0.357 e. The predicted molar refractivity (Wildman–Crippen MR) is 97.5 cm³/mol. The number of fused-ring (bicyclic) bond motifs is 1. The number of aromatic amines is 1. The lowest BCUT2D eigenvalue weighted by Crippen LogP contribution is -2.45. The van der Waals surface area contributed by atoms with Gasteiger partial charge in [0.15, 0.2) is 0 Å². The van der Waals surface area contributed by atoms with Crippen molar-refractivity contribution >= 4 is 16.8 Å². The third-order valence-corrected chi connectivity index (χ3v) is 4.40. The van der Waals surface area contributed by atoms with Gasteiger partial charge in [-0.05, 0) is 25.5 Å². The van der Waals surface area contributed by atoms with Crippen LogP contribution in [0.25, 0.3) is 10.9 Å². The van der Waals surface area contributed by atoms with Gasteiger partial charge in [-0.1, -0.05) is 20.8 Å². The van der Waals surface area contributed by atoms with E-state index in [1.165, 1.54) is 4.57 Å². The van der Waals surface area contributed by atoms with E-state index >= 15 is 0 Å². The molecule has 0 aliphatic carbocycles. The standard InChI is InChI=1S/C16H22N4O2.C2H6/c1-3-17-11-5-8-20(9-6-11)15(21)13-10-19(2)16(22)14-12(13)4-7-18-14;1-2/h4,7,10-11,17-18H,3,5-6,8-9H2,1-2H3;1-2H3. The number of rotatable bonds is 3. The number of nitrogens with one attached hydrogen (secondary N) is 2. The maximum atomic E-state index is 12.8. The lowest BCUT2D eigenvalue weighted by Gasteiger charge is -2.32. The first-order chi connectivity index (χ1) is 11.6. The molecule has 0 radical (unpaired) electrons. The fourth-order valence-electron chi connectivity index (χ4n) is 3.19. The van der Waals surface area contributed by atoms with Crippen molar-refractivity contribution < 1.29 is 4.79 Å². The minimum Gasteiger partial charge on any atom is -0.357 e. The number of hydrogen-bond donors (Lipinski definition) is 2. The van der Waals surface area contributed by atoms with Crippen molar-refractivity contribution in [2.24, 2.45) is 7.05 Å². The number of nitrogens with zero attached hydrogens (tertiary/aromatic N) is 2. The zero-order valence-corrected chi connectivity index (χ0v) is 15.1. The topological polar surface area (TPSA) is 70.1 Å². The third kappa shape index (κ3) is 3.53. The molecule has 0 spiro atoms. The SMILES string of the molecule is CC.CCNC1CCN(C(=O)c2cn(C)c(=O)c3[nH]ccc23)CC1. The molecular weight excluding hydrogens is 304 g/mol. The first kappa shape index (κ1) is 18.3. The number of H-pyrrole nitrogens is 1. The highest BCUT2D eigenvalue weighted by molar-refractivity contribution is 6.05. The summed E-state index contributed by atoms with van der Waals surface area (Å²) >= 11 is 0. The fraction of sp³-hybridized carbons (Fsp3) is 0.556. The Labute approximate surface area is 142 Å². The molecule has 1 amide bonds. The molecule has 2 aromatic heterocycles. The van der Waals surface area contributed by atoms with Crippen molar-refractivity contribution in [2.75, 3.05) is 19.6 Å². The maximum Gasteiger partial charge on any atom is 0.274 e. The number of aromatic nitrogens is 2. The van der Waals surface area contributed by atoms with Crippen LogP contribution in [0, 0.1) is 0 Å². The number of aryl methyl sites for hydroxylation is 1. The quantitative estimate of drug-likeness (QED) is 0.904. The molecule has 0 aromatic carbocycles. The maximum absolute atomic E-state index is 12.8. The molecule has 1 saturated heterocycles. The number of piperidine rings is 1. The minimum absolute atomic E-state index is 0.00940. The van der Waals surface area contributed by atoms with E-state index in [9.17, 15) is 9.59 Å². The van der Waals surface area contributed by atoms with E-state index in [1.54, 1.807) is 25.5 Å². The third-order valence-electron chi connectivity index (χ3n) is 4.40. The van der Waals surface area contributed by atoms with Crippen LogP contribution in [0.5, 0.6) is 0 Å². The van der Waals surface area contributed by atoms with Crippen molar-refractivity contribution in [1.29, 1.82) is 0 Å². The van der Waals surface area contributed by atoms with Gasteiger partial charge in [-0.2, -0.15) is 0 Å². The Bertz CT molecular complexity index is 739. The molecule has 0 saturated carbocycles. The predicted octanol–water partition coefficient (Wildman–Crippen LogP) is 2.11. The summed E-state index contributed by atoms with van der Waals surface area (Å²) in [6, 6.07) is 2.30. The van der Waals surface area contributed by atoms with Gasteiger partial charge in [0, 0.05) is 44.0 Å². The molecule has 24 heavy (non-hydrogen) atoms. The summed E-state index contributed by atoms with van der Waals surface area (Å²) in [5.74, 6) is 0.00940. The lowest BCUT2D eigenvalue weighted by atomic mass is 10.0. The van der Waals surface area contributed by atoms with Gasteiger partial charge in [0.05, 0.1) is 5.56 Å². The van der Waals surface area contributed by atoms with Crippen LogP contribution in [-0.2, 0) is 7.05 Å². The van der Waals surface area contributed by atoms with Crippen LogP contribution in [0.15, 0.2) is 23.3 Å². The van der Waals surface area contributed by atoms with Crippen LogP contribution in [0.1, 0.15) is 44.0 Å². The van der Waals surface area contributed by atoms with Gasteiger partial charge in [0.2, 0.25) is 0 Å². The van der Waals surface area contributed by atoms with E-state index in [-0.39, 0.29) is 11.5 Å². The van der Waals surface area contributed by atoms with Crippen LogP contribution < -0.4 is 10.9 Å². The average Bonchev–Trinajstić information content (AvgIpc) is 3.10. The summed E-state index contributed by atoms with van der Waals surface area (Å²) in [6.07, 6.45) is 5.31. The Balaban J connectivity index is 0.00000100. The molecule has 3 rings (SSSR count). The molecule has 1 fully saturated rings. The number of amides is 1.